The van der Waals surface area contributed by atoms with Gasteiger partial charge in [-0.2, -0.15) is 0 Å². The summed E-state index contributed by atoms with van der Waals surface area (Å²) in [5.41, 5.74) is 3.33. The first-order chi connectivity index (χ1) is 12.3. The Balaban J connectivity index is 1.45. The molecule has 130 valence electrons. The third-order valence-electron chi connectivity index (χ3n) is 4.78. The fraction of sp³-hybridized carbons (Fsp3) is 0.444. The second-order valence-corrected chi connectivity index (χ2v) is 6.85. The van der Waals surface area contributed by atoms with Gasteiger partial charge in [0.25, 0.3) is 0 Å². The normalized spacial score (nSPS) is 18.5. The van der Waals surface area contributed by atoms with E-state index in [4.69, 9.17) is 0 Å². The number of hydrogen-bond acceptors (Lipinski definition) is 6. The summed E-state index contributed by atoms with van der Waals surface area (Å²) in [6.07, 6.45) is 2.66. The Bertz CT molecular complexity index is 844. The molecule has 1 atom stereocenters. The van der Waals surface area contributed by atoms with Crippen molar-refractivity contribution < 1.29 is 0 Å². The Kier molecular flexibility index (Phi) is 4.56. The van der Waals surface area contributed by atoms with Gasteiger partial charge in [-0.25, -0.2) is 0 Å². The average molecular weight is 337 g/mol. The molecule has 0 amide bonds. The summed E-state index contributed by atoms with van der Waals surface area (Å²) in [6.45, 7) is 6.49. The molecule has 1 aliphatic rings. The van der Waals surface area contributed by atoms with Crippen LogP contribution in [0.3, 0.4) is 0 Å². The van der Waals surface area contributed by atoms with Crippen molar-refractivity contribution in [1.29, 1.82) is 0 Å². The van der Waals surface area contributed by atoms with Crippen LogP contribution in [-0.4, -0.2) is 43.2 Å². The molecule has 1 fully saturated rings. The summed E-state index contributed by atoms with van der Waals surface area (Å²) in [5.74, 6) is 1.56. The lowest BCUT2D eigenvalue weighted by Crippen LogP contribution is -2.34. The minimum absolute atomic E-state index is 0.644. The highest BCUT2D eigenvalue weighted by Crippen LogP contribution is 2.20. The number of anilines is 1. The Morgan fingerprint density at radius 2 is 2.04 bits per heavy atom. The summed E-state index contributed by atoms with van der Waals surface area (Å²) < 4.78 is 1.43. The molecule has 0 radical (unpaired) electrons. The summed E-state index contributed by atoms with van der Waals surface area (Å²) in [6, 6.07) is 12.4. The Morgan fingerprint density at radius 1 is 1.16 bits per heavy atom. The van der Waals surface area contributed by atoms with Crippen LogP contribution in [0.1, 0.15) is 30.9 Å². The molecular formula is C18H23N7. The molecule has 7 nitrogen and oxygen atoms in total. The van der Waals surface area contributed by atoms with E-state index in [9.17, 15) is 0 Å². The van der Waals surface area contributed by atoms with Crippen molar-refractivity contribution in [2.24, 2.45) is 5.92 Å². The molecule has 1 aromatic carbocycles. The van der Waals surface area contributed by atoms with Gasteiger partial charge in [0.1, 0.15) is 5.82 Å². The standard InChI is InChI=1S/C18H23N7/c1-14-5-4-10-24(12-14)13-16-7-3-2-6-15(16)11-19-17-8-9-18-20-22-23-25(18)21-17/h2-3,6-9,14H,4-5,10-13H2,1H3,(H,19,21)/t14-/m0/s1. The van der Waals surface area contributed by atoms with E-state index in [2.05, 4.69) is 62.0 Å². The largest absolute Gasteiger partial charge is 0.364 e. The van der Waals surface area contributed by atoms with Crippen LogP contribution in [0, 0.1) is 5.92 Å². The van der Waals surface area contributed by atoms with Crippen molar-refractivity contribution in [1.82, 2.24) is 30.2 Å². The lowest BCUT2D eigenvalue weighted by Gasteiger charge is -2.31. The van der Waals surface area contributed by atoms with Crippen molar-refractivity contribution in [3.8, 4) is 0 Å². The number of nitrogens with one attached hydrogen (secondary N) is 1. The highest BCUT2D eigenvalue weighted by Gasteiger charge is 2.17. The number of piperidine rings is 1. The van der Waals surface area contributed by atoms with Crippen LogP contribution >= 0.6 is 0 Å². The molecule has 4 rings (SSSR count). The summed E-state index contributed by atoms with van der Waals surface area (Å²) in [7, 11) is 0. The molecule has 3 aromatic rings. The number of rotatable bonds is 5. The highest BCUT2D eigenvalue weighted by atomic mass is 15.6. The van der Waals surface area contributed by atoms with E-state index in [0.717, 1.165) is 24.8 Å². The van der Waals surface area contributed by atoms with Gasteiger partial charge in [0.15, 0.2) is 5.65 Å². The number of fused-ring (bicyclic) bond motifs is 1. The van der Waals surface area contributed by atoms with E-state index in [0.29, 0.717) is 5.65 Å². The smallest absolute Gasteiger partial charge is 0.200 e. The number of likely N-dealkylation sites (tertiary alicyclic amines) is 1. The molecule has 1 aliphatic heterocycles. The third kappa shape index (κ3) is 3.76. The first kappa shape index (κ1) is 16.0. The lowest BCUT2D eigenvalue weighted by atomic mass is 9.99. The molecule has 0 bridgehead atoms. The topological polar surface area (TPSA) is 71.2 Å². The Labute approximate surface area is 147 Å². The van der Waals surface area contributed by atoms with E-state index in [1.165, 1.54) is 41.7 Å². The molecule has 0 spiro atoms. The maximum absolute atomic E-state index is 4.36. The van der Waals surface area contributed by atoms with Crippen molar-refractivity contribution in [3.63, 3.8) is 0 Å². The summed E-state index contributed by atoms with van der Waals surface area (Å²) >= 11 is 0. The zero-order valence-electron chi connectivity index (χ0n) is 14.5. The highest BCUT2D eigenvalue weighted by molar-refractivity contribution is 5.43. The van der Waals surface area contributed by atoms with Gasteiger partial charge in [-0.3, -0.25) is 4.90 Å². The zero-order valence-corrected chi connectivity index (χ0v) is 14.5. The van der Waals surface area contributed by atoms with E-state index in [1.807, 2.05) is 12.1 Å². The molecule has 1 saturated heterocycles. The van der Waals surface area contributed by atoms with Crippen molar-refractivity contribution >= 4 is 11.5 Å². The van der Waals surface area contributed by atoms with E-state index < -0.39 is 0 Å². The Hall–Kier alpha value is -2.54. The van der Waals surface area contributed by atoms with Gasteiger partial charge in [-0.05, 0) is 59.0 Å². The second kappa shape index (κ2) is 7.14. The molecule has 3 heterocycles. The number of aromatic nitrogens is 5. The molecular weight excluding hydrogens is 314 g/mol. The zero-order chi connectivity index (χ0) is 17.1. The van der Waals surface area contributed by atoms with Gasteiger partial charge in [0.2, 0.25) is 0 Å². The van der Waals surface area contributed by atoms with Gasteiger partial charge in [0, 0.05) is 19.6 Å². The van der Waals surface area contributed by atoms with Crippen LogP contribution in [0.5, 0.6) is 0 Å². The molecule has 0 aliphatic carbocycles. The maximum atomic E-state index is 4.36. The first-order valence-electron chi connectivity index (χ1n) is 8.86. The molecule has 25 heavy (non-hydrogen) atoms. The fourth-order valence-corrected chi connectivity index (χ4v) is 3.49. The number of nitrogens with zero attached hydrogens (tertiary/aromatic N) is 6. The summed E-state index contributed by atoms with van der Waals surface area (Å²) in [4.78, 5) is 2.57. The monoisotopic (exact) mass is 337 g/mol. The van der Waals surface area contributed by atoms with Crippen molar-refractivity contribution in [3.05, 3.63) is 47.5 Å². The minimum Gasteiger partial charge on any atom is -0.364 e. The van der Waals surface area contributed by atoms with Crippen molar-refractivity contribution in [2.75, 3.05) is 18.4 Å². The molecule has 2 aromatic heterocycles. The lowest BCUT2D eigenvalue weighted by molar-refractivity contribution is 0.176. The maximum Gasteiger partial charge on any atom is 0.200 e. The van der Waals surface area contributed by atoms with Crippen LogP contribution in [-0.2, 0) is 13.1 Å². The van der Waals surface area contributed by atoms with Gasteiger partial charge >= 0.3 is 0 Å². The molecule has 0 unspecified atom stereocenters. The van der Waals surface area contributed by atoms with Crippen LogP contribution in [0.4, 0.5) is 5.82 Å². The van der Waals surface area contributed by atoms with Crippen molar-refractivity contribution in [2.45, 2.75) is 32.9 Å². The van der Waals surface area contributed by atoms with Gasteiger partial charge in [-0.15, -0.1) is 14.8 Å². The molecule has 7 heteroatoms. The Morgan fingerprint density at radius 3 is 2.92 bits per heavy atom. The number of hydrogen-bond donors (Lipinski definition) is 1. The van der Waals surface area contributed by atoms with Crippen LogP contribution in [0.15, 0.2) is 36.4 Å². The number of tetrazole rings is 1. The van der Waals surface area contributed by atoms with E-state index >= 15 is 0 Å². The minimum atomic E-state index is 0.644. The predicted octanol–water partition coefficient (Wildman–Crippen LogP) is 2.36. The van der Waals surface area contributed by atoms with Gasteiger partial charge in [0.05, 0.1) is 0 Å². The fourth-order valence-electron chi connectivity index (χ4n) is 3.49. The molecule has 0 saturated carbocycles. The average Bonchev–Trinajstić information content (AvgIpc) is 3.09. The first-order valence-corrected chi connectivity index (χ1v) is 8.86. The predicted molar refractivity (Wildman–Crippen MR) is 96.0 cm³/mol. The third-order valence-corrected chi connectivity index (χ3v) is 4.78. The van der Waals surface area contributed by atoms with E-state index in [1.54, 1.807) is 0 Å². The van der Waals surface area contributed by atoms with Crippen LogP contribution < -0.4 is 5.32 Å². The SMILES string of the molecule is C[C@H]1CCCN(Cc2ccccc2CNc2ccc3nnnn3n2)C1. The quantitative estimate of drug-likeness (QED) is 0.771. The molecule has 1 N–H and O–H groups in total. The van der Waals surface area contributed by atoms with Crippen LogP contribution in [0.2, 0.25) is 0 Å². The van der Waals surface area contributed by atoms with E-state index in [-0.39, 0.29) is 0 Å². The van der Waals surface area contributed by atoms with Crippen LogP contribution in [0.25, 0.3) is 5.65 Å². The second-order valence-electron chi connectivity index (χ2n) is 6.85. The van der Waals surface area contributed by atoms with Gasteiger partial charge < -0.3 is 5.32 Å². The van der Waals surface area contributed by atoms with Gasteiger partial charge in [-0.1, -0.05) is 31.2 Å². The number of benzene rings is 1. The summed E-state index contributed by atoms with van der Waals surface area (Å²) in [5, 5.41) is 19.1.